The maximum absolute atomic E-state index is 8.68. The lowest BCUT2D eigenvalue weighted by atomic mass is 9.81. The van der Waals surface area contributed by atoms with E-state index in [-0.39, 0.29) is 5.41 Å². The second-order valence-electron chi connectivity index (χ2n) is 14.6. The van der Waals surface area contributed by atoms with Crippen molar-refractivity contribution in [3.63, 3.8) is 0 Å². The van der Waals surface area contributed by atoms with Crippen LogP contribution in [0.3, 0.4) is 0 Å². The summed E-state index contributed by atoms with van der Waals surface area (Å²) < 4.78 is 4.72. The molecule has 54 heavy (non-hydrogen) atoms. The normalized spacial score (nSPS) is 12.6. The summed E-state index contributed by atoms with van der Waals surface area (Å²) in [6, 6.07) is 57.4. The predicted octanol–water partition coefficient (Wildman–Crippen LogP) is 12.8. The van der Waals surface area contributed by atoms with Crippen molar-refractivity contribution in [2.45, 2.75) is 26.2 Å². The summed E-state index contributed by atoms with van der Waals surface area (Å²) in [6.07, 6.45) is 2.18. The van der Waals surface area contributed by atoms with Crippen LogP contribution in [-0.4, -0.2) is 21.6 Å². The number of benzene rings is 7. The van der Waals surface area contributed by atoms with E-state index in [2.05, 4.69) is 181 Å². The summed E-state index contributed by atoms with van der Waals surface area (Å²) in [5, 5.41) is 12.5. The molecule has 4 nitrogen and oxygen atoms in total. The Balaban J connectivity index is 0.000000144. The van der Waals surface area contributed by atoms with Gasteiger partial charge in [-0.1, -0.05) is 135 Å². The predicted molar refractivity (Wildman–Crippen MR) is 228 cm³/mol. The van der Waals surface area contributed by atoms with Crippen molar-refractivity contribution in [3.05, 3.63) is 198 Å². The van der Waals surface area contributed by atoms with E-state index in [1.54, 1.807) is 0 Å². The average Bonchev–Trinajstić information content (AvgIpc) is 3.87. The molecule has 0 fully saturated rings. The average molecular weight is 697 g/mol. The highest BCUT2D eigenvalue weighted by molar-refractivity contribution is 6.18. The Kier molecular flexibility index (Phi) is 7.97. The lowest BCUT2D eigenvalue weighted by Crippen LogP contribution is -2.15. The van der Waals surface area contributed by atoms with Gasteiger partial charge in [-0.25, -0.2) is 0 Å². The van der Waals surface area contributed by atoms with Crippen molar-refractivity contribution >= 4 is 50.8 Å². The summed E-state index contributed by atoms with van der Waals surface area (Å²) in [4.78, 5) is 4.06. The molecule has 1 N–H and O–H groups in total. The van der Waals surface area contributed by atoms with Crippen molar-refractivity contribution in [1.82, 2.24) is 9.13 Å². The molecule has 1 aliphatic carbocycles. The van der Waals surface area contributed by atoms with E-state index in [4.69, 9.17) is 5.41 Å². The molecule has 9 aromatic rings. The van der Waals surface area contributed by atoms with Crippen LogP contribution < -0.4 is 0 Å². The molecule has 7 aromatic carbocycles. The zero-order valence-corrected chi connectivity index (χ0v) is 30.7. The lowest BCUT2D eigenvalue weighted by molar-refractivity contribution is 0.660. The standard InChI is InChI=1S/C27H20N2.C23H20N2/c1-19-11-14-22(15-12-19)29-25-10-6-5-9-23(25)24-16-13-20-17-18-28(26(20)27(24)29)21-7-3-2-4-8-21;1-23(2)19-10-6-4-8-16(19)17-13-12-15(14-20(17)23)22(24)18-9-5-7-11-21(18)25-3/h2-18H,1H3;4-14,24H,3H2,1-2H3. The zero-order chi connectivity index (χ0) is 37.0. The molecular formula is C50H40N4. The minimum atomic E-state index is -0.0571. The van der Waals surface area contributed by atoms with Crippen LogP contribution in [0.4, 0.5) is 5.69 Å². The van der Waals surface area contributed by atoms with Crippen LogP contribution in [0.1, 0.15) is 41.7 Å². The molecule has 0 amide bonds. The van der Waals surface area contributed by atoms with Gasteiger partial charge in [-0.05, 0) is 84.4 Å². The quantitative estimate of drug-likeness (QED) is 0.174. The van der Waals surface area contributed by atoms with Crippen molar-refractivity contribution in [1.29, 1.82) is 5.41 Å². The first-order chi connectivity index (χ1) is 26.3. The summed E-state index contributed by atoms with van der Waals surface area (Å²) in [7, 11) is 0. The van der Waals surface area contributed by atoms with E-state index in [9.17, 15) is 0 Å². The smallest absolute Gasteiger partial charge is 0.0788 e. The summed E-state index contributed by atoms with van der Waals surface area (Å²) in [5.41, 5.74) is 15.5. The molecule has 0 radical (unpaired) electrons. The van der Waals surface area contributed by atoms with Crippen LogP contribution >= 0.6 is 0 Å². The van der Waals surface area contributed by atoms with Gasteiger partial charge in [-0.3, -0.25) is 10.4 Å². The number of aliphatic imine (C=N–C) groups is 1. The monoisotopic (exact) mass is 696 g/mol. The fourth-order valence-corrected chi connectivity index (χ4v) is 8.28. The summed E-state index contributed by atoms with van der Waals surface area (Å²) in [6.45, 7) is 10.3. The first-order valence-corrected chi connectivity index (χ1v) is 18.4. The number of nitrogens with zero attached hydrogens (tertiary/aromatic N) is 3. The molecule has 0 unspecified atom stereocenters. The highest BCUT2D eigenvalue weighted by atomic mass is 15.0. The Bertz CT molecular complexity index is 2890. The number of para-hydroxylation sites is 3. The number of hydrogen-bond acceptors (Lipinski definition) is 2. The Morgan fingerprint density at radius 1 is 0.611 bits per heavy atom. The molecule has 260 valence electrons. The van der Waals surface area contributed by atoms with Gasteiger partial charge in [-0.2, -0.15) is 0 Å². The molecule has 0 spiro atoms. The number of aryl methyl sites for hydroxylation is 1. The van der Waals surface area contributed by atoms with Crippen molar-refractivity contribution < 1.29 is 0 Å². The van der Waals surface area contributed by atoms with E-state index < -0.39 is 0 Å². The van der Waals surface area contributed by atoms with E-state index in [0.29, 0.717) is 5.71 Å². The minimum absolute atomic E-state index is 0.0571. The maximum Gasteiger partial charge on any atom is 0.0788 e. The van der Waals surface area contributed by atoms with Gasteiger partial charge >= 0.3 is 0 Å². The molecule has 0 atom stereocenters. The first-order valence-electron chi connectivity index (χ1n) is 18.4. The number of fused-ring (bicyclic) bond motifs is 8. The summed E-state index contributed by atoms with van der Waals surface area (Å²) >= 11 is 0. The van der Waals surface area contributed by atoms with Gasteiger partial charge in [0.25, 0.3) is 0 Å². The van der Waals surface area contributed by atoms with Gasteiger partial charge in [0.1, 0.15) is 0 Å². The number of aromatic nitrogens is 2. The fourth-order valence-electron chi connectivity index (χ4n) is 8.28. The third-order valence-electron chi connectivity index (χ3n) is 11.0. The van der Waals surface area contributed by atoms with E-state index in [0.717, 1.165) is 16.8 Å². The molecule has 4 heteroatoms. The van der Waals surface area contributed by atoms with Crippen LogP contribution in [-0.2, 0) is 5.41 Å². The van der Waals surface area contributed by atoms with Crippen LogP contribution in [0.5, 0.6) is 0 Å². The van der Waals surface area contributed by atoms with Crippen LogP contribution in [0, 0.1) is 12.3 Å². The third kappa shape index (κ3) is 5.30. The van der Waals surface area contributed by atoms with Crippen molar-refractivity contribution in [2.24, 2.45) is 4.99 Å². The maximum atomic E-state index is 8.68. The molecule has 2 aromatic heterocycles. The van der Waals surface area contributed by atoms with Crippen LogP contribution in [0.15, 0.2) is 175 Å². The fraction of sp³-hybridized carbons (Fsp3) is 0.0800. The van der Waals surface area contributed by atoms with Gasteiger partial charge in [0.05, 0.1) is 27.9 Å². The number of rotatable bonds is 5. The zero-order valence-electron chi connectivity index (χ0n) is 30.7. The Labute approximate surface area is 315 Å². The Morgan fingerprint density at radius 2 is 1.31 bits per heavy atom. The number of nitrogens with one attached hydrogen (secondary N) is 1. The summed E-state index contributed by atoms with van der Waals surface area (Å²) in [5.74, 6) is 0. The molecule has 0 aliphatic heterocycles. The molecule has 2 heterocycles. The molecule has 0 saturated carbocycles. The van der Waals surface area contributed by atoms with Crippen LogP contribution in [0.25, 0.3) is 55.2 Å². The minimum Gasteiger partial charge on any atom is -0.315 e. The third-order valence-corrected chi connectivity index (χ3v) is 11.0. The SMILES string of the molecule is C=Nc1ccccc1C(=N)c1ccc2c(c1)C(C)(C)c1ccccc1-2.Cc1ccc(-n2c3ccccc3c3ccc4ccn(-c5ccccc5)c4c32)cc1. The number of hydrogen-bond donors (Lipinski definition) is 1. The first kappa shape index (κ1) is 33.1. The van der Waals surface area contributed by atoms with Crippen molar-refractivity contribution in [2.75, 3.05) is 0 Å². The van der Waals surface area contributed by atoms with Gasteiger partial charge in [0.15, 0.2) is 0 Å². The van der Waals surface area contributed by atoms with Crippen LogP contribution in [0.2, 0.25) is 0 Å². The second kappa shape index (κ2) is 13.0. The highest BCUT2D eigenvalue weighted by Crippen LogP contribution is 2.49. The lowest BCUT2D eigenvalue weighted by Gasteiger charge is -2.22. The molecule has 0 bridgehead atoms. The molecule has 10 rings (SSSR count). The van der Waals surface area contributed by atoms with Gasteiger partial charge in [0.2, 0.25) is 0 Å². The van der Waals surface area contributed by atoms with E-state index in [1.165, 1.54) is 71.9 Å². The Morgan fingerprint density at radius 3 is 2.13 bits per heavy atom. The van der Waals surface area contributed by atoms with E-state index >= 15 is 0 Å². The van der Waals surface area contributed by atoms with Gasteiger partial charge < -0.3 is 9.13 Å². The van der Waals surface area contributed by atoms with Gasteiger partial charge in [-0.15, -0.1) is 0 Å². The second-order valence-corrected chi connectivity index (χ2v) is 14.6. The van der Waals surface area contributed by atoms with Gasteiger partial charge in [0, 0.05) is 50.3 Å². The molecule has 0 saturated heterocycles. The van der Waals surface area contributed by atoms with E-state index in [1.807, 2.05) is 30.3 Å². The molecular weight excluding hydrogens is 657 g/mol. The Hall–Kier alpha value is -6.78. The highest BCUT2D eigenvalue weighted by Gasteiger charge is 2.35. The molecule has 1 aliphatic rings. The van der Waals surface area contributed by atoms with Crippen molar-refractivity contribution in [3.8, 4) is 22.5 Å². The topological polar surface area (TPSA) is 46.1 Å². The largest absolute Gasteiger partial charge is 0.315 e.